The number of hydrogen-bond donors (Lipinski definition) is 0. The first-order chi connectivity index (χ1) is 10.3. The molecular formula is C15H20ClNO4S. The van der Waals surface area contributed by atoms with Crippen molar-refractivity contribution >= 4 is 25.6 Å². The zero-order chi connectivity index (χ0) is 16.3. The van der Waals surface area contributed by atoms with E-state index in [-0.39, 0.29) is 22.5 Å². The van der Waals surface area contributed by atoms with E-state index in [1.54, 1.807) is 4.90 Å². The number of carbonyl (C=O) groups excluding carboxylic acids is 1. The summed E-state index contributed by atoms with van der Waals surface area (Å²) < 4.78 is 28.7. The van der Waals surface area contributed by atoms with Gasteiger partial charge in [-0.05, 0) is 51.3 Å². The Morgan fingerprint density at radius 1 is 1.23 bits per heavy atom. The summed E-state index contributed by atoms with van der Waals surface area (Å²) in [7, 11) is 1.50. The Morgan fingerprint density at radius 3 is 2.41 bits per heavy atom. The van der Waals surface area contributed by atoms with Gasteiger partial charge in [0.25, 0.3) is 15.0 Å². The maximum absolute atomic E-state index is 12.7. The Bertz CT molecular complexity index is 652. The lowest BCUT2D eigenvalue weighted by Gasteiger charge is -2.27. The van der Waals surface area contributed by atoms with Crippen molar-refractivity contribution in [3.63, 3.8) is 0 Å². The van der Waals surface area contributed by atoms with E-state index in [1.807, 2.05) is 13.8 Å². The standard InChI is InChI=1S/C15H20ClNO4S/c1-11(2)21-14-7-6-12(22(16,19)20)10-13(14)15(18)17-8-4-3-5-9-17/h6-7,10-11H,3-5,8-9H2,1-2H3. The monoisotopic (exact) mass is 345 g/mol. The van der Waals surface area contributed by atoms with Crippen molar-refractivity contribution in [1.82, 2.24) is 4.90 Å². The molecule has 1 heterocycles. The number of piperidine rings is 1. The van der Waals surface area contributed by atoms with E-state index in [0.29, 0.717) is 18.8 Å². The second-order valence-corrected chi connectivity index (χ2v) is 8.18. The summed E-state index contributed by atoms with van der Waals surface area (Å²) in [5, 5.41) is 0. The van der Waals surface area contributed by atoms with E-state index in [0.717, 1.165) is 19.3 Å². The molecule has 1 aliphatic rings. The molecule has 0 aromatic heterocycles. The molecule has 1 aromatic rings. The SMILES string of the molecule is CC(C)Oc1ccc(S(=O)(=O)Cl)cc1C(=O)N1CCCCC1. The normalized spacial score (nSPS) is 15.9. The fourth-order valence-corrected chi connectivity index (χ4v) is 3.23. The fraction of sp³-hybridized carbons (Fsp3) is 0.533. The lowest BCUT2D eigenvalue weighted by molar-refractivity contribution is 0.0718. The first-order valence-corrected chi connectivity index (χ1v) is 9.64. The zero-order valence-corrected chi connectivity index (χ0v) is 14.3. The van der Waals surface area contributed by atoms with Crippen LogP contribution in [0.1, 0.15) is 43.5 Å². The lowest BCUT2D eigenvalue weighted by atomic mass is 10.1. The minimum absolute atomic E-state index is 0.0920. The second kappa shape index (κ2) is 6.87. The van der Waals surface area contributed by atoms with E-state index < -0.39 is 9.05 Å². The fourth-order valence-electron chi connectivity index (χ4n) is 2.45. The van der Waals surface area contributed by atoms with Crippen molar-refractivity contribution in [1.29, 1.82) is 0 Å². The predicted octanol–water partition coefficient (Wildman–Crippen LogP) is 3.03. The summed E-state index contributed by atoms with van der Waals surface area (Å²) in [6.45, 7) is 5.05. The molecule has 1 aliphatic heterocycles. The first kappa shape index (κ1) is 17.1. The number of amides is 1. The van der Waals surface area contributed by atoms with Crippen LogP contribution < -0.4 is 4.74 Å². The molecule has 1 saturated heterocycles. The van der Waals surface area contributed by atoms with Gasteiger partial charge >= 0.3 is 0 Å². The van der Waals surface area contributed by atoms with Gasteiger partial charge in [-0.3, -0.25) is 4.79 Å². The number of likely N-dealkylation sites (tertiary alicyclic amines) is 1. The topological polar surface area (TPSA) is 63.7 Å². The Labute approximate surface area is 135 Å². The number of ether oxygens (including phenoxy) is 1. The van der Waals surface area contributed by atoms with Crippen LogP contribution >= 0.6 is 10.7 Å². The summed E-state index contributed by atoms with van der Waals surface area (Å²) in [6, 6.07) is 4.15. The van der Waals surface area contributed by atoms with Crippen LogP contribution in [0.25, 0.3) is 0 Å². The third-order valence-electron chi connectivity index (χ3n) is 3.47. The van der Waals surface area contributed by atoms with E-state index in [9.17, 15) is 13.2 Å². The number of hydrogen-bond acceptors (Lipinski definition) is 4. The molecule has 0 atom stereocenters. The average molecular weight is 346 g/mol. The van der Waals surface area contributed by atoms with Crippen molar-refractivity contribution in [3.8, 4) is 5.75 Å². The molecule has 0 bridgehead atoms. The number of rotatable bonds is 4. The van der Waals surface area contributed by atoms with Gasteiger partial charge in [-0.15, -0.1) is 0 Å². The molecule has 0 unspecified atom stereocenters. The van der Waals surface area contributed by atoms with Crippen LogP contribution in [-0.2, 0) is 9.05 Å². The molecule has 22 heavy (non-hydrogen) atoms. The summed E-state index contributed by atoms with van der Waals surface area (Å²) in [6.07, 6.45) is 2.90. The molecule has 122 valence electrons. The van der Waals surface area contributed by atoms with E-state index in [2.05, 4.69) is 0 Å². The Hall–Kier alpha value is -1.27. The van der Waals surface area contributed by atoms with Crippen LogP contribution in [0.15, 0.2) is 23.1 Å². The van der Waals surface area contributed by atoms with Gasteiger partial charge in [0.05, 0.1) is 16.6 Å². The highest BCUT2D eigenvalue weighted by Crippen LogP contribution is 2.27. The molecule has 1 aromatic carbocycles. The quantitative estimate of drug-likeness (QED) is 0.787. The number of halogens is 1. The maximum atomic E-state index is 12.7. The van der Waals surface area contributed by atoms with E-state index >= 15 is 0 Å². The Kier molecular flexibility index (Phi) is 5.34. The molecular weight excluding hydrogens is 326 g/mol. The van der Waals surface area contributed by atoms with Gasteiger partial charge in [0, 0.05) is 23.8 Å². The van der Waals surface area contributed by atoms with Gasteiger partial charge in [0.2, 0.25) is 0 Å². The minimum atomic E-state index is -3.89. The zero-order valence-electron chi connectivity index (χ0n) is 12.7. The number of carbonyl (C=O) groups is 1. The summed E-state index contributed by atoms with van der Waals surface area (Å²) in [4.78, 5) is 14.3. The molecule has 0 aliphatic carbocycles. The third kappa shape index (κ3) is 4.14. The van der Waals surface area contributed by atoms with Crippen LogP contribution in [0.4, 0.5) is 0 Å². The number of benzene rings is 1. The van der Waals surface area contributed by atoms with Crippen LogP contribution in [0.2, 0.25) is 0 Å². The number of nitrogens with zero attached hydrogens (tertiary/aromatic N) is 1. The van der Waals surface area contributed by atoms with Gasteiger partial charge in [0.1, 0.15) is 5.75 Å². The molecule has 0 N–H and O–H groups in total. The van der Waals surface area contributed by atoms with Crippen LogP contribution in [-0.4, -0.2) is 38.4 Å². The van der Waals surface area contributed by atoms with Gasteiger partial charge in [-0.1, -0.05) is 0 Å². The van der Waals surface area contributed by atoms with Crippen molar-refractivity contribution in [2.45, 2.75) is 44.1 Å². The molecule has 1 fully saturated rings. The van der Waals surface area contributed by atoms with E-state index in [4.69, 9.17) is 15.4 Å². The van der Waals surface area contributed by atoms with Crippen molar-refractivity contribution in [2.24, 2.45) is 0 Å². The van der Waals surface area contributed by atoms with Gasteiger partial charge in [-0.2, -0.15) is 0 Å². The second-order valence-electron chi connectivity index (χ2n) is 5.62. The molecule has 0 saturated carbocycles. The highest BCUT2D eigenvalue weighted by molar-refractivity contribution is 8.13. The predicted molar refractivity (Wildman–Crippen MR) is 85.0 cm³/mol. The van der Waals surface area contributed by atoms with Crippen LogP contribution in [0.3, 0.4) is 0 Å². The smallest absolute Gasteiger partial charge is 0.261 e. The minimum Gasteiger partial charge on any atom is -0.490 e. The lowest BCUT2D eigenvalue weighted by Crippen LogP contribution is -2.36. The molecule has 0 spiro atoms. The average Bonchev–Trinajstić information content (AvgIpc) is 2.46. The largest absolute Gasteiger partial charge is 0.490 e. The Balaban J connectivity index is 2.41. The molecule has 7 heteroatoms. The van der Waals surface area contributed by atoms with Gasteiger partial charge in [0.15, 0.2) is 0 Å². The van der Waals surface area contributed by atoms with Crippen molar-refractivity contribution in [2.75, 3.05) is 13.1 Å². The molecule has 5 nitrogen and oxygen atoms in total. The summed E-state index contributed by atoms with van der Waals surface area (Å²) >= 11 is 0. The summed E-state index contributed by atoms with van der Waals surface area (Å²) in [5.74, 6) is 0.173. The highest BCUT2D eigenvalue weighted by atomic mass is 35.7. The van der Waals surface area contributed by atoms with Crippen LogP contribution in [0.5, 0.6) is 5.75 Å². The first-order valence-electron chi connectivity index (χ1n) is 7.33. The Morgan fingerprint density at radius 2 is 1.86 bits per heavy atom. The maximum Gasteiger partial charge on any atom is 0.261 e. The molecule has 0 radical (unpaired) electrons. The van der Waals surface area contributed by atoms with Gasteiger partial charge < -0.3 is 9.64 Å². The van der Waals surface area contributed by atoms with Gasteiger partial charge in [-0.25, -0.2) is 8.42 Å². The third-order valence-corrected chi connectivity index (χ3v) is 4.82. The summed E-state index contributed by atoms with van der Waals surface area (Å²) in [5.41, 5.74) is 0.248. The van der Waals surface area contributed by atoms with Crippen molar-refractivity contribution in [3.05, 3.63) is 23.8 Å². The highest BCUT2D eigenvalue weighted by Gasteiger charge is 2.24. The van der Waals surface area contributed by atoms with Crippen LogP contribution in [0, 0.1) is 0 Å². The molecule has 2 rings (SSSR count). The molecule has 1 amide bonds. The van der Waals surface area contributed by atoms with E-state index in [1.165, 1.54) is 18.2 Å². The van der Waals surface area contributed by atoms with Crippen molar-refractivity contribution < 1.29 is 17.9 Å².